The van der Waals surface area contributed by atoms with E-state index in [9.17, 15) is 9.59 Å². The maximum absolute atomic E-state index is 12.8. The Kier molecular flexibility index (Phi) is 4.37. The lowest BCUT2D eigenvalue weighted by molar-refractivity contribution is 0.0520. The monoisotopic (exact) mass is 358 g/mol. The van der Waals surface area contributed by atoms with Crippen LogP contribution in [0.3, 0.4) is 0 Å². The molecule has 0 radical (unpaired) electrons. The fourth-order valence-electron chi connectivity index (χ4n) is 3.64. The van der Waals surface area contributed by atoms with Gasteiger partial charge in [0.1, 0.15) is 0 Å². The van der Waals surface area contributed by atoms with E-state index in [4.69, 9.17) is 4.42 Å². The van der Waals surface area contributed by atoms with Crippen LogP contribution in [-0.2, 0) is 12.8 Å². The molecule has 0 spiro atoms. The highest BCUT2D eigenvalue weighted by Gasteiger charge is 2.28. The van der Waals surface area contributed by atoms with E-state index >= 15 is 0 Å². The zero-order chi connectivity index (χ0) is 17.4. The number of nitrogens with zero attached hydrogens (tertiary/aromatic N) is 2. The van der Waals surface area contributed by atoms with Crippen molar-refractivity contribution in [1.82, 2.24) is 9.80 Å². The van der Waals surface area contributed by atoms with E-state index in [0.29, 0.717) is 37.9 Å². The minimum absolute atomic E-state index is 0.0994. The molecule has 1 aliphatic heterocycles. The van der Waals surface area contributed by atoms with Gasteiger partial charge in [-0.15, -0.1) is 11.3 Å². The number of piperazine rings is 1. The Labute approximate surface area is 151 Å². The standard InChI is InChI=1S/C19H22N2O3S/c1-13-4-5-16-14(11-13)12-17(25-16)19(23)21-8-6-20(7-9-21)18(22)15-3-2-10-24-15/h2-3,10,12-13H,4-9,11H2,1H3/t13-/m0/s1. The van der Waals surface area contributed by atoms with Crippen molar-refractivity contribution in [3.8, 4) is 0 Å². The zero-order valence-electron chi connectivity index (χ0n) is 14.4. The van der Waals surface area contributed by atoms with E-state index in [0.717, 1.165) is 17.7 Å². The molecule has 132 valence electrons. The summed E-state index contributed by atoms with van der Waals surface area (Å²) in [5.41, 5.74) is 1.36. The summed E-state index contributed by atoms with van der Waals surface area (Å²) in [6.07, 6.45) is 4.91. The lowest BCUT2D eigenvalue weighted by Gasteiger charge is -2.34. The number of aryl methyl sites for hydroxylation is 1. The maximum Gasteiger partial charge on any atom is 0.289 e. The first-order chi connectivity index (χ1) is 12.1. The first kappa shape index (κ1) is 16.4. The van der Waals surface area contributed by atoms with Crippen LogP contribution in [0.15, 0.2) is 28.9 Å². The number of rotatable bonds is 2. The Morgan fingerprint density at radius 1 is 1.16 bits per heavy atom. The zero-order valence-corrected chi connectivity index (χ0v) is 15.2. The quantitative estimate of drug-likeness (QED) is 0.829. The van der Waals surface area contributed by atoms with Gasteiger partial charge >= 0.3 is 0 Å². The van der Waals surface area contributed by atoms with Crippen molar-refractivity contribution in [1.29, 1.82) is 0 Å². The molecular weight excluding hydrogens is 336 g/mol. The molecule has 0 bridgehead atoms. The van der Waals surface area contributed by atoms with E-state index in [-0.39, 0.29) is 11.8 Å². The van der Waals surface area contributed by atoms with Crippen molar-refractivity contribution < 1.29 is 14.0 Å². The van der Waals surface area contributed by atoms with Crippen LogP contribution in [0.25, 0.3) is 0 Å². The molecule has 0 saturated carbocycles. The molecule has 6 heteroatoms. The van der Waals surface area contributed by atoms with Crippen LogP contribution in [0.5, 0.6) is 0 Å². The predicted octanol–water partition coefficient (Wildman–Crippen LogP) is 3.06. The van der Waals surface area contributed by atoms with Gasteiger partial charge in [0.05, 0.1) is 11.1 Å². The largest absolute Gasteiger partial charge is 0.459 e. The number of hydrogen-bond donors (Lipinski definition) is 0. The Balaban J connectivity index is 1.39. The van der Waals surface area contributed by atoms with Crippen LogP contribution >= 0.6 is 11.3 Å². The van der Waals surface area contributed by atoms with Crippen molar-refractivity contribution in [2.45, 2.75) is 26.2 Å². The molecule has 0 unspecified atom stereocenters. The third kappa shape index (κ3) is 3.23. The highest BCUT2D eigenvalue weighted by molar-refractivity contribution is 7.14. The number of carbonyl (C=O) groups excluding carboxylic acids is 2. The van der Waals surface area contributed by atoms with Crippen molar-refractivity contribution >= 4 is 23.2 Å². The van der Waals surface area contributed by atoms with Gasteiger partial charge in [-0.3, -0.25) is 9.59 Å². The summed E-state index contributed by atoms with van der Waals surface area (Å²) in [5.74, 6) is 1.08. The first-order valence-electron chi connectivity index (χ1n) is 8.85. The molecule has 0 aromatic carbocycles. The average molecular weight is 358 g/mol. The Bertz CT molecular complexity index is 773. The van der Waals surface area contributed by atoms with Gasteiger partial charge in [-0.2, -0.15) is 0 Å². The summed E-state index contributed by atoms with van der Waals surface area (Å²) in [6, 6.07) is 5.49. The van der Waals surface area contributed by atoms with Crippen LogP contribution < -0.4 is 0 Å². The fourth-order valence-corrected chi connectivity index (χ4v) is 4.81. The third-order valence-corrected chi connectivity index (χ3v) is 6.35. The molecule has 1 aliphatic carbocycles. The van der Waals surface area contributed by atoms with Gasteiger partial charge in [0.15, 0.2) is 5.76 Å². The molecule has 3 heterocycles. The Morgan fingerprint density at radius 2 is 1.88 bits per heavy atom. The Hall–Kier alpha value is -2.08. The summed E-state index contributed by atoms with van der Waals surface area (Å²) >= 11 is 1.66. The number of fused-ring (bicyclic) bond motifs is 1. The second kappa shape index (κ2) is 6.67. The third-order valence-electron chi connectivity index (χ3n) is 5.13. The number of thiophene rings is 1. The molecule has 2 aromatic rings. The molecule has 1 atom stereocenters. The maximum atomic E-state index is 12.8. The van der Waals surface area contributed by atoms with Crippen LogP contribution in [0, 0.1) is 5.92 Å². The molecule has 0 N–H and O–H groups in total. The van der Waals surface area contributed by atoms with E-state index in [1.54, 1.807) is 28.4 Å². The molecule has 2 aliphatic rings. The Morgan fingerprint density at radius 3 is 2.56 bits per heavy atom. The molecule has 1 fully saturated rings. The molecule has 2 amide bonds. The van der Waals surface area contributed by atoms with Gasteiger partial charge in [-0.05, 0) is 48.9 Å². The lowest BCUT2D eigenvalue weighted by atomic mass is 9.90. The molecule has 25 heavy (non-hydrogen) atoms. The van der Waals surface area contributed by atoms with Crippen molar-refractivity contribution in [2.24, 2.45) is 5.92 Å². The highest BCUT2D eigenvalue weighted by atomic mass is 32.1. The van der Waals surface area contributed by atoms with Gasteiger partial charge in [0.25, 0.3) is 11.8 Å². The summed E-state index contributed by atoms with van der Waals surface area (Å²) in [5, 5.41) is 0. The van der Waals surface area contributed by atoms with E-state index in [2.05, 4.69) is 13.0 Å². The van der Waals surface area contributed by atoms with Gasteiger partial charge in [0.2, 0.25) is 0 Å². The van der Waals surface area contributed by atoms with Gasteiger partial charge < -0.3 is 14.2 Å². The van der Waals surface area contributed by atoms with Crippen LogP contribution in [0.4, 0.5) is 0 Å². The second-order valence-electron chi connectivity index (χ2n) is 6.97. The summed E-state index contributed by atoms with van der Waals surface area (Å²) < 4.78 is 5.18. The number of amides is 2. The van der Waals surface area contributed by atoms with Crippen LogP contribution in [0.2, 0.25) is 0 Å². The summed E-state index contributed by atoms with van der Waals surface area (Å²) in [7, 11) is 0. The predicted molar refractivity (Wildman–Crippen MR) is 96.0 cm³/mol. The molecule has 5 nitrogen and oxygen atoms in total. The lowest BCUT2D eigenvalue weighted by Crippen LogP contribution is -2.50. The first-order valence-corrected chi connectivity index (χ1v) is 9.67. The molecular formula is C19H22N2O3S. The smallest absolute Gasteiger partial charge is 0.289 e. The fraction of sp³-hybridized carbons (Fsp3) is 0.474. The molecule has 1 saturated heterocycles. The highest BCUT2D eigenvalue weighted by Crippen LogP contribution is 2.32. The normalized spacial score (nSPS) is 20.4. The van der Waals surface area contributed by atoms with Crippen LogP contribution in [0.1, 0.15) is 44.0 Å². The minimum atomic E-state index is -0.0994. The van der Waals surface area contributed by atoms with Crippen molar-refractivity contribution in [3.63, 3.8) is 0 Å². The topological polar surface area (TPSA) is 53.8 Å². The minimum Gasteiger partial charge on any atom is -0.459 e. The number of hydrogen-bond acceptors (Lipinski definition) is 4. The number of carbonyl (C=O) groups is 2. The number of furan rings is 1. The van der Waals surface area contributed by atoms with Crippen LogP contribution in [-0.4, -0.2) is 47.8 Å². The van der Waals surface area contributed by atoms with Gasteiger partial charge in [0, 0.05) is 31.1 Å². The summed E-state index contributed by atoms with van der Waals surface area (Å²) in [4.78, 5) is 31.0. The van der Waals surface area contributed by atoms with Crippen molar-refractivity contribution in [3.05, 3.63) is 45.5 Å². The average Bonchev–Trinajstić information content (AvgIpc) is 3.30. The molecule has 4 rings (SSSR count). The van der Waals surface area contributed by atoms with E-state index < -0.39 is 0 Å². The van der Waals surface area contributed by atoms with Crippen molar-refractivity contribution in [2.75, 3.05) is 26.2 Å². The second-order valence-corrected chi connectivity index (χ2v) is 8.11. The van der Waals surface area contributed by atoms with E-state index in [1.807, 2.05) is 4.90 Å². The summed E-state index contributed by atoms with van der Waals surface area (Å²) in [6.45, 7) is 4.52. The van der Waals surface area contributed by atoms with Gasteiger partial charge in [-0.1, -0.05) is 6.92 Å². The SMILES string of the molecule is C[C@H]1CCc2sc(C(=O)N3CCN(C(=O)c4ccco4)CC3)cc2C1. The molecule has 2 aromatic heterocycles. The van der Waals surface area contributed by atoms with E-state index in [1.165, 1.54) is 23.1 Å². The van der Waals surface area contributed by atoms with Gasteiger partial charge in [-0.25, -0.2) is 0 Å².